The van der Waals surface area contributed by atoms with Crippen LogP contribution in [0.15, 0.2) is 41.3 Å². The van der Waals surface area contributed by atoms with Gasteiger partial charge in [0.1, 0.15) is 11.4 Å². The van der Waals surface area contributed by atoms with Gasteiger partial charge < -0.3 is 5.32 Å². The molecule has 1 amide bonds. The molecule has 0 radical (unpaired) electrons. The molecule has 7 heteroatoms. The summed E-state index contributed by atoms with van der Waals surface area (Å²) < 4.78 is 0. The zero-order valence-electron chi connectivity index (χ0n) is 13.0. The number of nitrogens with one attached hydrogen (secondary N) is 2. The van der Waals surface area contributed by atoms with Crippen LogP contribution in [0.4, 0.5) is 5.69 Å². The number of H-pyrrole nitrogens is 1. The molecule has 0 saturated heterocycles. The number of carbonyl (C=O) groups excluding carboxylic acids is 3. The summed E-state index contributed by atoms with van der Waals surface area (Å²) in [5.74, 6) is -0.477. The smallest absolute Gasteiger partial charge is 0.274 e. The largest absolute Gasteiger partial charge is 0.321 e. The number of aromatic nitrogens is 2. The van der Waals surface area contributed by atoms with Crippen molar-refractivity contribution in [3.05, 3.63) is 58.3 Å². The molecule has 122 valence electrons. The van der Waals surface area contributed by atoms with Crippen molar-refractivity contribution in [2.24, 2.45) is 0 Å². The number of thioether (sulfide) groups is 1. The minimum Gasteiger partial charge on any atom is -0.321 e. The van der Waals surface area contributed by atoms with E-state index in [-0.39, 0.29) is 28.5 Å². The maximum absolute atomic E-state index is 12.6. The fraction of sp³-hybridized carbons (Fsp3) is 0.176. The minimum atomic E-state index is -0.502. The van der Waals surface area contributed by atoms with Crippen LogP contribution in [0.3, 0.4) is 0 Å². The molecule has 6 nitrogen and oxygen atoms in total. The molecule has 2 N–H and O–H groups in total. The van der Waals surface area contributed by atoms with Gasteiger partial charge in [0.2, 0.25) is 11.6 Å². The fourth-order valence-electron chi connectivity index (χ4n) is 2.32. The molecule has 0 bridgehead atoms. The second-order valence-corrected chi connectivity index (χ2v) is 6.33. The van der Waals surface area contributed by atoms with E-state index < -0.39 is 5.91 Å². The first-order chi connectivity index (χ1) is 11.6. The Labute approximate surface area is 142 Å². The first kappa shape index (κ1) is 16.2. The van der Waals surface area contributed by atoms with Crippen molar-refractivity contribution in [3.8, 4) is 0 Å². The second kappa shape index (κ2) is 6.84. The van der Waals surface area contributed by atoms with Crippen molar-refractivity contribution in [2.75, 3.05) is 11.1 Å². The number of para-hydroxylation sites is 1. The maximum atomic E-state index is 12.6. The molecule has 1 aliphatic carbocycles. The normalized spacial score (nSPS) is 13.5. The van der Waals surface area contributed by atoms with Gasteiger partial charge in [0.15, 0.2) is 0 Å². The summed E-state index contributed by atoms with van der Waals surface area (Å²) in [6, 6.07) is 8.87. The van der Waals surface area contributed by atoms with Crippen LogP contribution in [-0.2, 0) is 0 Å². The number of fused-ring (bicyclic) bond motifs is 1. The summed E-state index contributed by atoms with van der Waals surface area (Å²) >= 11 is 1.32. The second-order valence-electron chi connectivity index (χ2n) is 5.19. The number of hydrogen-bond acceptors (Lipinski definition) is 5. The van der Waals surface area contributed by atoms with E-state index in [2.05, 4.69) is 15.5 Å². The molecule has 24 heavy (non-hydrogen) atoms. The van der Waals surface area contributed by atoms with E-state index in [4.69, 9.17) is 0 Å². The van der Waals surface area contributed by atoms with Crippen molar-refractivity contribution >= 4 is 34.9 Å². The molecule has 0 saturated carbocycles. The lowest BCUT2D eigenvalue weighted by molar-refractivity contribution is 0.0979. The topological polar surface area (TPSA) is 91.9 Å². The molecule has 2 aromatic rings. The van der Waals surface area contributed by atoms with Gasteiger partial charge in [-0.25, -0.2) is 0 Å². The highest BCUT2D eigenvalue weighted by atomic mass is 32.2. The number of rotatable bonds is 5. The van der Waals surface area contributed by atoms with E-state index in [1.807, 2.05) is 13.0 Å². The third-order valence-electron chi connectivity index (χ3n) is 3.43. The van der Waals surface area contributed by atoms with Crippen LogP contribution in [0.1, 0.15) is 44.7 Å². The quantitative estimate of drug-likeness (QED) is 0.872. The zero-order chi connectivity index (χ0) is 17.1. The van der Waals surface area contributed by atoms with Crippen LogP contribution in [0, 0.1) is 0 Å². The summed E-state index contributed by atoms with van der Waals surface area (Å²) in [5, 5.41) is 9.07. The first-order valence-corrected chi connectivity index (χ1v) is 8.48. The van der Waals surface area contributed by atoms with Gasteiger partial charge in [0.25, 0.3) is 5.91 Å². The number of carbonyl (C=O) groups is 3. The van der Waals surface area contributed by atoms with Gasteiger partial charge in [-0.15, -0.1) is 11.8 Å². The fourth-order valence-corrected chi connectivity index (χ4v) is 3.16. The highest BCUT2D eigenvalue weighted by Gasteiger charge is 2.33. The van der Waals surface area contributed by atoms with Crippen LogP contribution in [0.25, 0.3) is 0 Å². The van der Waals surface area contributed by atoms with E-state index in [1.165, 1.54) is 17.8 Å². The summed E-state index contributed by atoms with van der Waals surface area (Å²) in [7, 11) is 0. The number of amides is 1. The molecule has 1 aromatic heterocycles. The van der Waals surface area contributed by atoms with Crippen molar-refractivity contribution in [1.29, 1.82) is 0 Å². The van der Waals surface area contributed by atoms with E-state index in [0.29, 0.717) is 10.6 Å². The van der Waals surface area contributed by atoms with Crippen molar-refractivity contribution < 1.29 is 14.4 Å². The Balaban J connectivity index is 1.90. The number of nitrogens with zero attached hydrogens (tertiary/aromatic N) is 1. The van der Waals surface area contributed by atoms with Gasteiger partial charge in [0, 0.05) is 11.8 Å². The van der Waals surface area contributed by atoms with Crippen molar-refractivity contribution in [2.45, 2.75) is 13.3 Å². The lowest BCUT2D eigenvalue weighted by Gasteiger charge is -2.11. The van der Waals surface area contributed by atoms with E-state index >= 15 is 0 Å². The van der Waals surface area contributed by atoms with Crippen molar-refractivity contribution in [3.63, 3.8) is 0 Å². The maximum Gasteiger partial charge on any atom is 0.274 e. The minimum absolute atomic E-state index is 0.000870. The molecule has 0 aliphatic heterocycles. The molecule has 1 aliphatic rings. The highest BCUT2D eigenvalue weighted by molar-refractivity contribution is 8.04. The van der Waals surface area contributed by atoms with Crippen molar-refractivity contribution in [1.82, 2.24) is 10.2 Å². The number of hydrogen-bond donors (Lipinski definition) is 2. The summed E-state index contributed by atoms with van der Waals surface area (Å²) in [4.78, 5) is 37.6. The predicted octanol–water partition coefficient (Wildman–Crippen LogP) is 3.07. The monoisotopic (exact) mass is 341 g/mol. The molecule has 1 aromatic carbocycles. The highest BCUT2D eigenvalue weighted by Crippen LogP contribution is 2.29. The Kier molecular flexibility index (Phi) is 4.61. The van der Waals surface area contributed by atoms with Gasteiger partial charge in [-0.05, 0) is 24.3 Å². The standard InChI is InChI=1S/C17H15N3O3S/c1-2-8-24-12-9-11(21)14-13(16(12)22)15(20-19-14)17(23)18-10-6-4-3-5-7-10/h3-7,9H,2,8H2,1H3,(H,18,23)(H,19,20). The van der Waals surface area contributed by atoms with Gasteiger partial charge in [0.05, 0.1) is 10.5 Å². The molecular formula is C17H15N3O3S. The third kappa shape index (κ3) is 3.03. The average molecular weight is 341 g/mol. The lowest BCUT2D eigenvalue weighted by Crippen LogP contribution is -2.20. The number of benzene rings is 1. The summed E-state index contributed by atoms with van der Waals surface area (Å²) in [6.45, 7) is 1.99. The Morgan fingerprint density at radius 3 is 2.71 bits per heavy atom. The van der Waals surface area contributed by atoms with Crippen LogP contribution in [0.5, 0.6) is 0 Å². The number of aromatic amines is 1. The van der Waals surface area contributed by atoms with Crippen LogP contribution >= 0.6 is 11.8 Å². The SMILES string of the molecule is CCCSC1=CC(=O)c2n[nH]c(C(=O)Nc3ccccc3)c2C1=O. The number of anilines is 1. The molecule has 0 fully saturated rings. The van der Waals surface area contributed by atoms with Gasteiger partial charge in [-0.3, -0.25) is 19.5 Å². The zero-order valence-corrected chi connectivity index (χ0v) is 13.8. The van der Waals surface area contributed by atoms with E-state index in [0.717, 1.165) is 12.2 Å². The Morgan fingerprint density at radius 1 is 1.25 bits per heavy atom. The average Bonchev–Trinajstić information content (AvgIpc) is 3.04. The van der Waals surface area contributed by atoms with Gasteiger partial charge >= 0.3 is 0 Å². The lowest BCUT2D eigenvalue weighted by atomic mass is 9.99. The number of Topliss-reactive ketones (excluding diaryl/α,β-unsaturated/α-hetero) is 1. The third-order valence-corrected chi connectivity index (χ3v) is 4.66. The summed E-state index contributed by atoms with van der Waals surface area (Å²) in [5.41, 5.74) is 0.653. The van der Waals surface area contributed by atoms with Crippen LogP contribution in [0.2, 0.25) is 0 Å². The molecular weight excluding hydrogens is 326 g/mol. The Hall–Kier alpha value is -2.67. The van der Waals surface area contributed by atoms with E-state index in [1.54, 1.807) is 24.3 Å². The molecule has 1 heterocycles. The Bertz CT molecular complexity index is 840. The molecule has 3 rings (SSSR count). The van der Waals surface area contributed by atoms with Crippen LogP contribution in [-0.4, -0.2) is 33.4 Å². The molecule has 0 spiro atoms. The van der Waals surface area contributed by atoms with E-state index in [9.17, 15) is 14.4 Å². The predicted molar refractivity (Wildman–Crippen MR) is 92.5 cm³/mol. The van der Waals surface area contributed by atoms with Gasteiger partial charge in [-0.2, -0.15) is 5.10 Å². The van der Waals surface area contributed by atoms with Gasteiger partial charge in [-0.1, -0.05) is 25.1 Å². The number of ketones is 2. The molecule has 0 unspecified atom stereocenters. The number of allylic oxidation sites excluding steroid dienone is 2. The molecule has 0 atom stereocenters. The Morgan fingerprint density at radius 2 is 2.00 bits per heavy atom. The van der Waals surface area contributed by atoms with Crippen LogP contribution < -0.4 is 5.32 Å². The first-order valence-electron chi connectivity index (χ1n) is 7.50. The summed E-state index contributed by atoms with van der Waals surface area (Å²) in [6.07, 6.45) is 2.17.